The highest BCUT2D eigenvalue weighted by Gasteiger charge is 2.35. The van der Waals surface area contributed by atoms with Gasteiger partial charge in [0.05, 0.1) is 18.8 Å². The molecule has 5 heteroatoms. The quantitative estimate of drug-likeness (QED) is 0.490. The summed E-state index contributed by atoms with van der Waals surface area (Å²) in [5.74, 6) is 0. The predicted octanol–water partition coefficient (Wildman–Crippen LogP) is 3.37. The van der Waals surface area contributed by atoms with Crippen LogP contribution in [0, 0.1) is 5.41 Å². The van der Waals surface area contributed by atoms with Crippen molar-refractivity contribution in [3.05, 3.63) is 12.2 Å². The third-order valence-corrected chi connectivity index (χ3v) is 2.69. The van der Waals surface area contributed by atoms with E-state index in [4.69, 9.17) is 9.47 Å². The second-order valence-corrected chi connectivity index (χ2v) is 7.39. The molecule has 0 radical (unpaired) electrons. The summed E-state index contributed by atoms with van der Waals surface area (Å²) in [6.07, 6.45) is 3.31. The SMILES string of the molecule is CC(C)(C)CO[C@H]1C=CC[C@H]1N(O)C(=O)OC(C)(C)C. The molecule has 0 aliphatic heterocycles. The smallest absolute Gasteiger partial charge is 0.434 e. The Kier molecular flexibility index (Phi) is 5.21. The zero-order valence-corrected chi connectivity index (χ0v) is 13.3. The first-order valence-electron chi connectivity index (χ1n) is 6.99. The Bertz CT molecular complexity index is 365. The van der Waals surface area contributed by atoms with Gasteiger partial charge >= 0.3 is 6.09 Å². The molecular weight excluding hydrogens is 258 g/mol. The molecule has 0 aromatic rings. The summed E-state index contributed by atoms with van der Waals surface area (Å²) in [7, 11) is 0. The van der Waals surface area contributed by atoms with Gasteiger partial charge in [-0.3, -0.25) is 5.21 Å². The van der Waals surface area contributed by atoms with E-state index >= 15 is 0 Å². The molecule has 0 heterocycles. The van der Waals surface area contributed by atoms with Crippen LogP contribution in [0.3, 0.4) is 0 Å². The normalized spacial score (nSPS) is 22.9. The van der Waals surface area contributed by atoms with Crippen LogP contribution in [0.15, 0.2) is 12.2 Å². The van der Waals surface area contributed by atoms with E-state index < -0.39 is 17.7 Å². The standard InChI is InChI=1S/C15H27NO4/c1-14(2,3)10-19-12-9-7-8-11(12)16(18)13(17)20-15(4,5)6/h7,9,11-12,18H,8,10H2,1-6H3/t11-,12+/m1/s1. The number of rotatable bonds is 3. The second kappa shape index (κ2) is 6.14. The van der Waals surface area contributed by atoms with Gasteiger partial charge in [-0.15, -0.1) is 0 Å². The molecule has 0 aromatic heterocycles. The van der Waals surface area contributed by atoms with E-state index in [-0.39, 0.29) is 11.5 Å². The number of nitrogens with zero attached hydrogens (tertiary/aromatic N) is 1. The van der Waals surface area contributed by atoms with Gasteiger partial charge in [0.2, 0.25) is 0 Å². The number of ether oxygens (including phenoxy) is 2. The van der Waals surface area contributed by atoms with Crippen LogP contribution in [0.2, 0.25) is 0 Å². The maximum absolute atomic E-state index is 11.9. The molecule has 0 spiro atoms. The van der Waals surface area contributed by atoms with Crippen LogP contribution in [0.4, 0.5) is 4.79 Å². The molecule has 1 N–H and O–H groups in total. The molecule has 1 rings (SSSR count). The summed E-state index contributed by atoms with van der Waals surface area (Å²) < 4.78 is 10.9. The fourth-order valence-corrected chi connectivity index (χ4v) is 1.81. The minimum atomic E-state index is -0.740. The molecule has 2 atom stereocenters. The van der Waals surface area contributed by atoms with Crippen LogP contribution < -0.4 is 0 Å². The predicted molar refractivity (Wildman–Crippen MR) is 76.6 cm³/mol. The third-order valence-electron chi connectivity index (χ3n) is 2.69. The van der Waals surface area contributed by atoms with Gasteiger partial charge in [0.25, 0.3) is 0 Å². The van der Waals surface area contributed by atoms with Crippen molar-refractivity contribution in [1.82, 2.24) is 5.06 Å². The second-order valence-electron chi connectivity index (χ2n) is 7.39. The van der Waals surface area contributed by atoms with Gasteiger partial charge < -0.3 is 9.47 Å². The maximum Gasteiger partial charge on any atom is 0.434 e. The van der Waals surface area contributed by atoms with Gasteiger partial charge in [-0.05, 0) is 32.6 Å². The molecule has 1 aliphatic carbocycles. The van der Waals surface area contributed by atoms with E-state index in [0.29, 0.717) is 18.1 Å². The Hall–Kier alpha value is -1.07. The topological polar surface area (TPSA) is 59.0 Å². The number of carbonyl (C=O) groups excluding carboxylic acids is 1. The summed E-state index contributed by atoms with van der Waals surface area (Å²) >= 11 is 0. The van der Waals surface area contributed by atoms with Crippen LogP contribution >= 0.6 is 0 Å². The molecule has 20 heavy (non-hydrogen) atoms. The lowest BCUT2D eigenvalue weighted by Gasteiger charge is -2.31. The van der Waals surface area contributed by atoms with E-state index in [1.807, 2.05) is 12.2 Å². The number of hydroxylamine groups is 2. The fourth-order valence-electron chi connectivity index (χ4n) is 1.81. The van der Waals surface area contributed by atoms with E-state index in [0.717, 1.165) is 0 Å². The van der Waals surface area contributed by atoms with E-state index in [9.17, 15) is 10.0 Å². The van der Waals surface area contributed by atoms with Gasteiger partial charge in [0.15, 0.2) is 0 Å². The summed E-state index contributed by atoms with van der Waals surface area (Å²) in [6, 6.07) is -0.424. The molecule has 0 saturated heterocycles. The van der Waals surface area contributed by atoms with E-state index in [1.54, 1.807) is 20.8 Å². The average molecular weight is 285 g/mol. The molecule has 116 valence electrons. The monoisotopic (exact) mass is 285 g/mol. The average Bonchev–Trinajstić information content (AvgIpc) is 2.69. The Morgan fingerprint density at radius 1 is 1.30 bits per heavy atom. The molecule has 1 aliphatic rings. The van der Waals surface area contributed by atoms with Crippen molar-refractivity contribution in [1.29, 1.82) is 0 Å². The highest BCUT2D eigenvalue weighted by Crippen LogP contribution is 2.24. The minimum Gasteiger partial charge on any atom is -0.442 e. The van der Waals surface area contributed by atoms with Crippen molar-refractivity contribution >= 4 is 6.09 Å². The van der Waals surface area contributed by atoms with Crippen LogP contribution in [0.5, 0.6) is 0 Å². The Labute approximate surface area is 121 Å². The van der Waals surface area contributed by atoms with Gasteiger partial charge in [0, 0.05) is 0 Å². The summed E-state index contributed by atoms with van der Waals surface area (Å²) in [6.45, 7) is 12.1. The highest BCUT2D eigenvalue weighted by atomic mass is 16.6. The summed E-state index contributed by atoms with van der Waals surface area (Å²) in [4.78, 5) is 11.9. The fraction of sp³-hybridized carbons (Fsp3) is 0.800. The zero-order chi connectivity index (χ0) is 15.6. The van der Waals surface area contributed by atoms with Crippen molar-refractivity contribution in [2.75, 3.05) is 6.61 Å². The van der Waals surface area contributed by atoms with Gasteiger partial charge in [-0.1, -0.05) is 32.9 Å². The zero-order valence-electron chi connectivity index (χ0n) is 13.3. The number of hydrogen-bond acceptors (Lipinski definition) is 4. The number of amides is 1. The molecule has 0 bridgehead atoms. The summed E-state index contributed by atoms with van der Waals surface area (Å²) in [5, 5.41) is 10.7. The van der Waals surface area contributed by atoms with Gasteiger partial charge in [-0.25, -0.2) is 4.79 Å². The highest BCUT2D eigenvalue weighted by molar-refractivity contribution is 5.67. The molecule has 0 aromatic carbocycles. The van der Waals surface area contributed by atoms with Crippen molar-refractivity contribution in [3.8, 4) is 0 Å². The molecule has 0 fully saturated rings. The Morgan fingerprint density at radius 3 is 2.40 bits per heavy atom. The first-order valence-corrected chi connectivity index (χ1v) is 6.99. The molecule has 5 nitrogen and oxygen atoms in total. The molecule has 0 unspecified atom stereocenters. The van der Waals surface area contributed by atoms with Crippen molar-refractivity contribution in [3.63, 3.8) is 0 Å². The lowest BCUT2D eigenvalue weighted by Crippen LogP contribution is -2.46. The van der Waals surface area contributed by atoms with Crippen LogP contribution in [-0.2, 0) is 9.47 Å². The van der Waals surface area contributed by atoms with E-state index in [2.05, 4.69) is 20.8 Å². The lowest BCUT2D eigenvalue weighted by atomic mass is 9.98. The summed E-state index contributed by atoms with van der Waals surface area (Å²) in [5.41, 5.74) is -0.598. The van der Waals surface area contributed by atoms with Crippen molar-refractivity contribution < 1.29 is 19.5 Å². The van der Waals surface area contributed by atoms with Gasteiger partial charge in [-0.2, -0.15) is 5.06 Å². The van der Waals surface area contributed by atoms with Gasteiger partial charge in [0.1, 0.15) is 5.60 Å². The van der Waals surface area contributed by atoms with E-state index in [1.165, 1.54) is 0 Å². The van der Waals surface area contributed by atoms with Crippen LogP contribution in [0.1, 0.15) is 48.0 Å². The lowest BCUT2D eigenvalue weighted by molar-refractivity contribution is -0.144. The van der Waals surface area contributed by atoms with Crippen LogP contribution in [-0.4, -0.2) is 40.7 Å². The Balaban J connectivity index is 2.59. The Morgan fingerprint density at radius 2 is 1.90 bits per heavy atom. The number of carbonyl (C=O) groups is 1. The molecule has 1 amide bonds. The molecule has 0 saturated carbocycles. The third kappa shape index (κ3) is 5.51. The first-order chi connectivity index (χ1) is 8.99. The first kappa shape index (κ1) is 17.0. The largest absolute Gasteiger partial charge is 0.442 e. The van der Waals surface area contributed by atoms with Crippen LogP contribution in [0.25, 0.3) is 0 Å². The van der Waals surface area contributed by atoms with Crippen molar-refractivity contribution in [2.45, 2.75) is 65.7 Å². The molecular formula is C15H27NO4. The van der Waals surface area contributed by atoms with Crippen molar-refractivity contribution in [2.24, 2.45) is 5.41 Å². The minimum absolute atomic E-state index is 0.0349. The maximum atomic E-state index is 11.9. The number of hydrogen-bond donors (Lipinski definition) is 1.